The zero-order valence-corrected chi connectivity index (χ0v) is 24.7. The maximum absolute atomic E-state index is 11.8. The minimum atomic E-state index is -1.17. The Balaban J connectivity index is 1.47. The second kappa shape index (κ2) is 14.0. The van der Waals surface area contributed by atoms with Crippen LogP contribution in [0.3, 0.4) is 0 Å². The standard InChI is InChI=1S/C31H41NO7Si/c1-40(2,3)17-16-36-22-39-29-19-23(18-25-6-4-5-7-27(25)29)21-38-30-20-32(31(34)35)13-12-28(30)24-8-10-26(11-9-24)37-15-14-33/h4-11,18-19,28,30,33H,12-17,20-22H2,1-3H3,(H,34,35). The van der Waals surface area contributed by atoms with Crippen molar-refractivity contribution in [1.29, 1.82) is 0 Å². The van der Waals surface area contributed by atoms with Crippen molar-refractivity contribution in [2.45, 2.75) is 50.7 Å². The van der Waals surface area contributed by atoms with Crippen LogP contribution in [-0.2, 0) is 16.1 Å². The fraction of sp³-hybridized carbons (Fsp3) is 0.452. The van der Waals surface area contributed by atoms with Gasteiger partial charge in [-0.3, -0.25) is 0 Å². The molecule has 0 saturated carbocycles. The van der Waals surface area contributed by atoms with Crippen molar-refractivity contribution in [2.24, 2.45) is 0 Å². The van der Waals surface area contributed by atoms with E-state index in [0.29, 0.717) is 38.5 Å². The summed E-state index contributed by atoms with van der Waals surface area (Å²) in [5.74, 6) is 1.47. The summed E-state index contributed by atoms with van der Waals surface area (Å²) in [7, 11) is -1.17. The monoisotopic (exact) mass is 567 g/mol. The van der Waals surface area contributed by atoms with Gasteiger partial charge in [0, 0.05) is 32.5 Å². The Kier molecular flexibility index (Phi) is 10.4. The molecule has 9 heteroatoms. The molecule has 8 nitrogen and oxygen atoms in total. The summed E-state index contributed by atoms with van der Waals surface area (Å²) < 4.78 is 23.8. The van der Waals surface area contributed by atoms with Crippen LogP contribution in [0.2, 0.25) is 25.7 Å². The third-order valence-electron chi connectivity index (χ3n) is 7.14. The van der Waals surface area contributed by atoms with Gasteiger partial charge in [-0.05, 0) is 53.2 Å². The molecule has 2 unspecified atom stereocenters. The van der Waals surface area contributed by atoms with E-state index in [9.17, 15) is 9.90 Å². The molecular weight excluding hydrogens is 526 g/mol. The summed E-state index contributed by atoms with van der Waals surface area (Å²) in [6.07, 6.45) is -0.584. The van der Waals surface area contributed by atoms with E-state index in [1.807, 2.05) is 54.6 Å². The van der Waals surface area contributed by atoms with Crippen molar-refractivity contribution in [2.75, 3.05) is 39.7 Å². The van der Waals surface area contributed by atoms with Gasteiger partial charge in [-0.25, -0.2) is 4.79 Å². The largest absolute Gasteiger partial charge is 0.491 e. The minimum absolute atomic E-state index is 0.0402. The Labute approximate surface area is 237 Å². The van der Waals surface area contributed by atoms with E-state index in [1.54, 1.807) is 0 Å². The molecule has 40 heavy (non-hydrogen) atoms. The van der Waals surface area contributed by atoms with Gasteiger partial charge in [-0.15, -0.1) is 0 Å². The minimum Gasteiger partial charge on any atom is -0.491 e. The molecule has 2 N–H and O–H groups in total. The number of fused-ring (bicyclic) bond motifs is 1. The Morgan fingerprint density at radius 2 is 1.80 bits per heavy atom. The SMILES string of the molecule is C[Si](C)(C)CCOCOc1cc(COC2CN(C(=O)O)CCC2c2ccc(OCCO)cc2)cc2ccccc12. The number of hydrogen-bond acceptors (Lipinski definition) is 6. The lowest BCUT2D eigenvalue weighted by molar-refractivity contribution is -0.0201. The molecule has 2 atom stereocenters. The van der Waals surface area contributed by atoms with Gasteiger partial charge in [0.05, 0.1) is 25.9 Å². The lowest BCUT2D eigenvalue weighted by Crippen LogP contribution is -2.46. The van der Waals surface area contributed by atoms with E-state index in [1.165, 1.54) is 4.90 Å². The number of piperidine rings is 1. The maximum atomic E-state index is 11.8. The molecule has 0 aromatic heterocycles. The molecule has 0 spiro atoms. The van der Waals surface area contributed by atoms with Crippen LogP contribution in [0, 0.1) is 0 Å². The van der Waals surface area contributed by atoms with E-state index in [4.69, 9.17) is 24.1 Å². The molecule has 1 aliphatic rings. The Hall–Kier alpha value is -3.11. The number of aliphatic hydroxyl groups is 1. The van der Waals surface area contributed by atoms with Crippen LogP contribution in [0.5, 0.6) is 11.5 Å². The summed E-state index contributed by atoms with van der Waals surface area (Å²) >= 11 is 0. The molecule has 1 aliphatic heterocycles. The van der Waals surface area contributed by atoms with Crippen LogP contribution in [0.25, 0.3) is 10.8 Å². The highest BCUT2D eigenvalue weighted by Crippen LogP contribution is 2.33. The molecule has 0 aliphatic carbocycles. The number of amides is 1. The molecular formula is C31H41NO7Si. The van der Waals surface area contributed by atoms with Gasteiger partial charge in [0.2, 0.25) is 0 Å². The lowest BCUT2D eigenvalue weighted by atomic mass is 9.87. The van der Waals surface area contributed by atoms with Crippen molar-refractivity contribution in [3.63, 3.8) is 0 Å². The summed E-state index contributed by atoms with van der Waals surface area (Å²) in [4.78, 5) is 13.2. The molecule has 0 radical (unpaired) electrons. The summed E-state index contributed by atoms with van der Waals surface area (Å²) in [5.41, 5.74) is 2.03. The summed E-state index contributed by atoms with van der Waals surface area (Å²) in [6.45, 7) is 9.12. The molecule has 1 amide bonds. The molecule has 1 saturated heterocycles. The molecule has 0 bridgehead atoms. The first-order valence-corrected chi connectivity index (χ1v) is 17.6. The lowest BCUT2D eigenvalue weighted by Gasteiger charge is -2.37. The molecule has 216 valence electrons. The van der Waals surface area contributed by atoms with Crippen molar-refractivity contribution < 1.29 is 34.0 Å². The maximum Gasteiger partial charge on any atom is 0.407 e. The predicted molar refractivity (Wildman–Crippen MR) is 158 cm³/mol. The molecule has 1 fully saturated rings. The number of carbonyl (C=O) groups is 1. The van der Waals surface area contributed by atoms with E-state index in [2.05, 4.69) is 25.7 Å². The number of aliphatic hydroxyl groups excluding tert-OH is 1. The topological polar surface area (TPSA) is 97.7 Å². The van der Waals surface area contributed by atoms with Gasteiger partial charge in [0.15, 0.2) is 6.79 Å². The van der Waals surface area contributed by atoms with Crippen LogP contribution < -0.4 is 9.47 Å². The smallest absolute Gasteiger partial charge is 0.407 e. The Bertz CT molecular complexity index is 1240. The number of carboxylic acid groups (broad SMARTS) is 1. The van der Waals surface area contributed by atoms with E-state index in [0.717, 1.165) is 33.7 Å². The fourth-order valence-corrected chi connectivity index (χ4v) is 5.66. The number of rotatable bonds is 13. The van der Waals surface area contributed by atoms with E-state index < -0.39 is 14.2 Å². The third-order valence-corrected chi connectivity index (χ3v) is 8.84. The van der Waals surface area contributed by atoms with Crippen molar-refractivity contribution in [3.8, 4) is 11.5 Å². The Morgan fingerprint density at radius 3 is 2.52 bits per heavy atom. The number of nitrogens with zero attached hydrogens (tertiary/aromatic N) is 1. The molecule has 1 heterocycles. The van der Waals surface area contributed by atoms with Gasteiger partial charge in [-0.2, -0.15) is 0 Å². The van der Waals surface area contributed by atoms with Gasteiger partial charge in [-0.1, -0.05) is 56.0 Å². The van der Waals surface area contributed by atoms with Crippen LogP contribution >= 0.6 is 0 Å². The Morgan fingerprint density at radius 1 is 1.02 bits per heavy atom. The van der Waals surface area contributed by atoms with E-state index in [-0.39, 0.29) is 32.0 Å². The quantitative estimate of drug-likeness (QED) is 0.150. The zero-order valence-electron chi connectivity index (χ0n) is 23.7. The molecule has 3 aromatic rings. The van der Waals surface area contributed by atoms with Crippen molar-refractivity contribution >= 4 is 24.9 Å². The number of hydrogen-bond donors (Lipinski definition) is 2. The first-order chi connectivity index (χ1) is 19.2. The number of ether oxygens (including phenoxy) is 4. The highest BCUT2D eigenvalue weighted by Gasteiger charge is 2.33. The van der Waals surface area contributed by atoms with Gasteiger partial charge in [0.25, 0.3) is 0 Å². The van der Waals surface area contributed by atoms with Crippen LogP contribution in [0.15, 0.2) is 60.7 Å². The van der Waals surface area contributed by atoms with Gasteiger partial charge >= 0.3 is 6.09 Å². The first-order valence-electron chi connectivity index (χ1n) is 13.9. The fourth-order valence-electron chi connectivity index (χ4n) is 4.90. The predicted octanol–water partition coefficient (Wildman–Crippen LogP) is 5.95. The van der Waals surface area contributed by atoms with Crippen LogP contribution in [0.4, 0.5) is 4.79 Å². The van der Waals surface area contributed by atoms with Crippen molar-refractivity contribution in [1.82, 2.24) is 4.90 Å². The highest BCUT2D eigenvalue weighted by atomic mass is 28.3. The average molecular weight is 568 g/mol. The second-order valence-corrected chi connectivity index (χ2v) is 17.0. The normalized spacial score (nSPS) is 17.6. The zero-order chi connectivity index (χ0) is 28.5. The third kappa shape index (κ3) is 8.44. The summed E-state index contributed by atoms with van der Waals surface area (Å²) in [6, 6.07) is 21.0. The second-order valence-electron chi connectivity index (χ2n) is 11.4. The van der Waals surface area contributed by atoms with Gasteiger partial charge < -0.3 is 34.1 Å². The highest BCUT2D eigenvalue weighted by molar-refractivity contribution is 6.76. The average Bonchev–Trinajstić information content (AvgIpc) is 2.94. The molecule has 4 rings (SSSR count). The van der Waals surface area contributed by atoms with E-state index >= 15 is 0 Å². The number of likely N-dealkylation sites (tertiary alicyclic amines) is 1. The van der Waals surface area contributed by atoms with Crippen LogP contribution in [-0.4, -0.2) is 75.1 Å². The van der Waals surface area contributed by atoms with Crippen LogP contribution in [0.1, 0.15) is 23.5 Å². The number of benzene rings is 3. The molecule has 3 aromatic carbocycles. The van der Waals surface area contributed by atoms with Crippen molar-refractivity contribution in [3.05, 3.63) is 71.8 Å². The summed E-state index contributed by atoms with van der Waals surface area (Å²) in [5, 5.41) is 20.7. The first kappa shape index (κ1) is 29.9. The van der Waals surface area contributed by atoms with Gasteiger partial charge in [0.1, 0.15) is 18.1 Å².